The Morgan fingerprint density at radius 3 is 1.83 bits per heavy atom. The summed E-state index contributed by atoms with van der Waals surface area (Å²) in [6, 6.07) is 28.3. The van der Waals surface area contributed by atoms with Crippen LogP contribution in [0.15, 0.2) is 78.9 Å². The fourth-order valence-corrected chi connectivity index (χ4v) is 3.15. The summed E-state index contributed by atoms with van der Waals surface area (Å²) < 4.78 is 0. The van der Waals surface area contributed by atoms with Crippen molar-refractivity contribution in [2.24, 2.45) is 0 Å². The average molecular weight is 298 g/mol. The minimum Gasteiger partial charge on any atom is -0.0683 e. The maximum absolute atomic E-state index is 2.32. The smallest absolute Gasteiger partial charge is 0.00964 e. The monoisotopic (exact) mass is 298 g/mol. The van der Waals surface area contributed by atoms with Gasteiger partial charge in [0.2, 0.25) is 0 Å². The SMILES string of the molecule is CC.Cc1ccccc1-c1cc2ccccc2c2ccccc12. The zero-order chi connectivity index (χ0) is 16.2. The third-order valence-corrected chi connectivity index (χ3v) is 4.20. The Kier molecular flexibility index (Phi) is 4.43. The van der Waals surface area contributed by atoms with Crippen molar-refractivity contribution in [3.63, 3.8) is 0 Å². The van der Waals surface area contributed by atoms with Crippen LogP contribution in [0, 0.1) is 6.92 Å². The lowest BCUT2D eigenvalue weighted by molar-refractivity contribution is 1.47. The average Bonchev–Trinajstić information content (AvgIpc) is 2.63. The summed E-state index contributed by atoms with van der Waals surface area (Å²) in [7, 11) is 0. The standard InChI is InChI=1S/C21H16.C2H6/c1-15-8-2-4-10-17(15)21-14-16-9-3-5-11-18(16)19-12-6-7-13-20(19)21;1-2/h2-14H,1H3;1-2H3. The molecule has 0 saturated carbocycles. The molecule has 0 aromatic heterocycles. The van der Waals surface area contributed by atoms with Gasteiger partial charge in [-0.3, -0.25) is 0 Å². The fraction of sp³-hybridized carbons (Fsp3) is 0.130. The molecule has 0 radical (unpaired) electrons. The topological polar surface area (TPSA) is 0 Å². The molecular formula is C23H22. The molecule has 0 N–H and O–H groups in total. The van der Waals surface area contributed by atoms with E-state index in [1.165, 1.54) is 38.2 Å². The lowest BCUT2D eigenvalue weighted by Crippen LogP contribution is -1.86. The second-order valence-electron chi connectivity index (χ2n) is 5.51. The molecule has 0 unspecified atom stereocenters. The summed E-state index contributed by atoms with van der Waals surface area (Å²) in [5.41, 5.74) is 3.96. The molecule has 0 aliphatic carbocycles. The highest BCUT2D eigenvalue weighted by Crippen LogP contribution is 2.35. The summed E-state index contributed by atoms with van der Waals surface area (Å²) in [6.07, 6.45) is 0. The van der Waals surface area contributed by atoms with Crippen LogP contribution < -0.4 is 0 Å². The van der Waals surface area contributed by atoms with Gasteiger partial charge < -0.3 is 0 Å². The van der Waals surface area contributed by atoms with Crippen molar-refractivity contribution in [3.05, 3.63) is 84.4 Å². The van der Waals surface area contributed by atoms with Crippen molar-refractivity contribution in [2.45, 2.75) is 20.8 Å². The Hall–Kier alpha value is -2.60. The summed E-state index contributed by atoms with van der Waals surface area (Å²) in [6.45, 7) is 6.18. The van der Waals surface area contributed by atoms with Gasteiger partial charge >= 0.3 is 0 Å². The normalized spacial score (nSPS) is 10.4. The van der Waals surface area contributed by atoms with E-state index in [0.29, 0.717) is 0 Å². The van der Waals surface area contributed by atoms with Gasteiger partial charge in [0, 0.05) is 0 Å². The number of fused-ring (bicyclic) bond motifs is 3. The molecule has 0 saturated heterocycles. The maximum atomic E-state index is 2.32. The third kappa shape index (κ3) is 2.73. The molecule has 114 valence electrons. The predicted molar refractivity (Wildman–Crippen MR) is 103 cm³/mol. The van der Waals surface area contributed by atoms with E-state index in [-0.39, 0.29) is 0 Å². The van der Waals surface area contributed by atoms with Crippen molar-refractivity contribution in [2.75, 3.05) is 0 Å². The number of aryl methyl sites for hydroxylation is 1. The highest BCUT2D eigenvalue weighted by atomic mass is 14.1. The van der Waals surface area contributed by atoms with Crippen LogP contribution in [-0.4, -0.2) is 0 Å². The van der Waals surface area contributed by atoms with Gasteiger partial charge in [0.05, 0.1) is 0 Å². The van der Waals surface area contributed by atoms with Crippen molar-refractivity contribution in [3.8, 4) is 11.1 Å². The Bertz CT molecular complexity index is 948. The molecule has 4 rings (SSSR count). The molecular weight excluding hydrogens is 276 g/mol. The first-order valence-corrected chi connectivity index (χ1v) is 8.31. The van der Waals surface area contributed by atoms with Crippen LogP contribution >= 0.6 is 0 Å². The van der Waals surface area contributed by atoms with E-state index in [4.69, 9.17) is 0 Å². The van der Waals surface area contributed by atoms with Crippen molar-refractivity contribution < 1.29 is 0 Å². The first kappa shape index (κ1) is 15.3. The molecule has 4 aromatic carbocycles. The van der Waals surface area contributed by atoms with Gasteiger partial charge in [0.1, 0.15) is 0 Å². The van der Waals surface area contributed by atoms with Crippen molar-refractivity contribution in [1.29, 1.82) is 0 Å². The molecule has 0 heterocycles. The van der Waals surface area contributed by atoms with Gasteiger partial charge in [0.25, 0.3) is 0 Å². The maximum Gasteiger partial charge on any atom is -0.00964 e. The van der Waals surface area contributed by atoms with Crippen LogP contribution in [0.1, 0.15) is 19.4 Å². The lowest BCUT2D eigenvalue weighted by atomic mass is 9.91. The molecule has 0 amide bonds. The van der Waals surface area contributed by atoms with Crippen LogP contribution in [0.3, 0.4) is 0 Å². The quantitative estimate of drug-likeness (QED) is 0.332. The van der Waals surface area contributed by atoms with E-state index in [1.807, 2.05) is 13.8 Å². The molecule has 0 aliphatic rings. The van der Waals surface area contributed by atoms with Crippen LogP contribution in [0.5, 0.6) is 0 Å². The third-order valence-electron chi connectivity index (χ3n) is 4.20. The highest BCUT2D eigenvalue weighted by Gasteiger charge is 2.09. The summed E-state index contributed by atoms with van der Waals surface area (Å²) >= 11 is 0. The molecule has 0 atom stereocenters. The summed E-state index contributed by atoms with van der Waals surface area (Å²) in [4.78, 5) is 0. The van der Waals surface area contributed by atoms with Crippen molar-refractivity contribution in [1.82, 2.24) is 0 Å². The van der Waals surface area contributed by atoms with Crippen LogP contribution in [0.25, 0.3) is 32.7 Å². The molecule has 0 aliphatic heterocycles. The van der Waals surface area contributed by atoms with E-state index in [1.54, 1.807) is 0 Å². The van der Waals surface area contributed by atoms with Crippen LogP contribution in [0.4, 0.5) is 0 Å². The Labute approximate surface area is 138 Å². The summed E-state index contributed by atoms with van der Waals surface area (Å²) in [5.74, 6) is 0. The molecule has 0 bridgehead atoms. The van der Waals surface area contributed by atoms with E-state index >= 15 is 0 Å². The minimum atomic E-state index is 1.30. The number of rotatable bonds is 1. The molecule has 0 fully saturated rings. The van der Waals surface area contributed by atoms with Gasteiger partial charge in [-0.05, 0) is 51.2 Å². The van der Waals surface area contributed by atoms with Gasteiger partial charge in [-0.1, -0.05) is 86.6 Å². The van der Waals surface area contributed by atoms with E-state index in [2.05, 4.69) is 85.8 Å². The first-order chi connectivity index (χ1) is 11.3. The fourth-order valence-electron chi connectivity index (χ4n) is 3.15. The molecule has 0 heteroatoms. The number of hydrogen-bond acceptors (Lipinski definition) is 0. The van der Waals surface area contributed by atoms with Crippen LogP contribution in [0.2, 0.25) is 0 Å². The second kappa shape index (κ2) is 6.66. The molecule has 23 heavy (non-hydrogen) atoms. The van der Waals surface area contributed by atoms with Crippen molar-refractivity contribution >= 4 is 21.5 Å². The van der Waals surface area contributed by atoms with Gasteiger partial charge in [-0.2, -0.15) is 0 Å². The zero-order valence-electron chi connectivity index (χ0n) is 14.0. The Morgan fingerprint density at radius 2 is 1.09 bits per heavy atom. The van der Waals surface area contributed by atoms with Gasteiger partial charge in [-0.25, -0.2) is 0 Å². The highest BCUT2D eigenvalue weighted by molar-refractivity contribution is 6.13. The van der Waals surface area contributed by atoms with Gasteiger partial charge in [-0.15, -0.1) is 0 Å². The Balaban J connectivity index is 0.000000753. The predicted octanol–water partition coefficient (Wildman–Crippen LogP) is 6.99. The van der Waals surface area contributed by atoms with E-state index in [9.17, 15) is 0 Å². The Morgan fingerprint density at radius 1 is 0.522 bits per heavy atom. The van der Waals surface area contributed by atoms with E-state index < -0.39 is 0 Å². The number of hydrogen-bond donors (Lipinski definition) is 0. The zero-order valence-corrected chi connectivity index (χ0v) is 14.0. The largest absolute Gasteiger partial charge is 0.0683 e. The number of benzene rings is 4. The van der Waals surface area contributed by atoms with Gasteiger partial charge in [0.15, 0.2) is 0 Å². The molecule has 0 spiro atoms. The summed E-state index contributed by atoms with van der Waals surface area (Å²) in [5, 5.41) is 5.28. The first-order valence-electron chi connectivity index (χ1n) is 8.31. The molecule has 0 nitrogen and oxygen atoms in total. The lowest BCUT2D eigenvalue weighted by Gasteiger charge is -2.12. The van der Waals surface area contributed by atoms with Crippen LogP contribution in [-0.2, 0) is 0 Å². The second-order valence-corrected chi connectivity index (χ2v) is 5.51. The minimum absolute atomic E-state index is 1.30. The van der Waals surface area contributed by atoms with E-state index in [0.717, 1.165) is 0 Å². The molecule has 4 aromatic rings.